The van der Waals surface area contributed by atoms with Crippen molar-refractivity contribution in [1.29, 1.82) is 0 Å². The summed E-state index contributed by atoms with van der Waals surface area (Å²) in [5, 5.41) is 2.58. The molecule has 2 aromatic rings. The van der Waals surface area contributed by atoms with Crippen molar-refractivity contribution in [1.82, 2.24) is 4.98 Å². The van der Waals surface area contributed by atoms with E-state index in [1.807, 2.05) is 0 Å². The molecule has 0 bridgehead atoms. The average Bonchev–Trinajstić information content (AvgIpc) is 2.39. The van der Waals surface area contributed by atoms with Crippen LogP contribution in [-0.4, -0.2) is 18.0 Å². The van der Waals surface area contributed by atoms with E-state index in [9.17, 15) is 9.18 Å². The summed E-state index contributed by atoms with van der Waals surface area (Å²) >= 11 is 0. The number of hydrogen-bond acceptors (Lipinski definition) is 3. The van der Waals surface area contributed by atoms with E-state index in [2.05, 4.69) is 10.3 Å². The number of amides is 1. The predicted molar refractivity (Wildman–Crippen MR) is 65.1 cm³/mol. The molecule has 0 fully saturated rings. The van der Waals surface area contributed by atoms with Gasteiger partial charge in [-0.15, -0.1) is 0 Å². The summed E-state index contributed by atoms with van der Waals surface area (Å²) in [4.78, 5) is 15.6. The number of aromatic nitrogens is 1. The second-order valence-corrected chi connectivity index (χ2v) is 3.54. The molecule has 0 aliphatic carbocycles. The number of benzene rings is 1. The van der Waals surface area contributed by atoms with E-state index in [0.717, 1.165) is 0 Å². The molecule has 5 heteroatoms. The SMILES string of the molecule is COc1ccc(C(=O)Nc2ccncc2)c(F)c1. The van der Waals surface area contributed by atoms with E-state index >= 15 is 0 Å². The lowest BCUT2D eigenvalue weighted by Crippen LogP contribution is -2.13. The molecule has 0 atom stereocenters. The Labute approximate surface area is 103 Å². The number of anilines is 1. The van der Waals surface area contributed by atoms with Gasteiger partial charge in [-0.3, -0.25) is 9.78 Å². The molecule has 1 amide bonds. The van der Waals surface area contributed by atoms with E-state index in [1.54, 1.807) is 24.5 Å². The molecule has 1 aromatic carbocycles. The Morgan fingerprint density at radius 3 is 2.61 bits per heavy atom. The fraction of sp³-hybridized carbons (Fsp3) is 0.0769. The molecule has 0 radical (unpaired) electrons. The standard InChI is InChI=1S/C13H11FN2O2/c1-18-10-2-3-11(12(14)8-10)13(17)16-9-4-6-15-7-5-9/h2-8H,1H3,(H,15,16,17). The molecule has 0 saturated carbocycles. The molecule has 0 unspecified atom stereocenters. The summed E-state index contributed by atoms with van der Waals surface area (Å²) in [6.45, 7) is 0. The van der Waals surface area contributed by atoms with Crippen LogP contribution in [0.5, 0.6) is 5.75 Å². The molecular weight excluding hydrogens is 235 g/mol. The molecule has 1 heterocycles. The lowest BCUT2D eigenvalue weighted by molar-refractivity contribution is 0.102. The summed E-state index contributed by atoms with van der Waals surface area (Å²) in [5.74, 6) is -0.768. The molecule has 0 aliphatic heterocycles. The van der Waals surface area contributed by atoms with Crippen LogP contribution in [0.15, 0.2) is 42.7 Å². The van der Waals surface area contributed by atoms with Crippen molar-refractivity contribution < 1.29 is 13.9 Å². The van der Waals surface area contributed by atoms with Crippen LogP contribution in [0.1, 0.15) is 10.4 Å². The molecule has 18 heavy (non-hydrogen) atoms. The lowest BCUT2D eigenvalue weighted by Gasteiger charge is -2.07. The highest BCUT2D eigenvalue weighted by atomic mass is 19.1. The van der Waals surface area contributed by atoms with Gasteiger partial charge in [-0.1, -0.05) is 0 Å². The topological polar surface area (TPSA) is 51.2 Å². The number of nitrogens with zero attached hydrogens (tertiary/aromatic N) is 1. The number of halogens is 1. The Bertz CT molecular complexity index is 558. The third kappa shape index (κ3) is 2.63. The Morgan fingerprint density at radius 2 is 2.00 bits per heavy atom. The number of ether oxygens (including phenoxy) is 1. The molecule has 0 aliphatic rings. The van der Waals surface area contributed by atoms with Crippen molar-refractivity contribution in [3.8, 4) is 5.75 Å². The quantitative estimate of drug-likeness (QED) is 0.905. The van der Waals surface area contributed by atoms with Crippen molar-refractivity contribution in [2.24, 2.45) is 0 Å². The van der Waals surface area contributed by atoms with Gasteiger partial charge in [-0.2, -0.15) is 0 Å². The van der Waals surface area contributed by atoms with Gasteiger partial charge in [0.25, 0.3) is 5.91 Å². The van der Waals surface area contributed by atoms with Gasteiger partial charge in [0.15, 0.2) is 0 Å². The molecular formula is C13H11FN2O2. The van der Waals surface area contributed by atoms with Gasteiger partial charge in [0.1, 0.15) is 11.6 Å². The highest BCUT2D eigenvalue weighted by Crippen LogP contribution is 2.17. The zero-order valence-corrected chi connectivity index (χ0v) is 9.68. The van der Waals surface area contributed by atoms with Crippen LogP contribution in [0.2, 0.25) is 0 Å². The highest BCUT2D eigenvalue weighted by Gasteiger charge is 2.12. The Morgan fingerprint density at radius 1 is 1.28 bits per heavy atom. The smallest absolute Gasteiger partial charge is 0.258 e. The van der Waals surface area contributed by atoms with Crippen LogP contribution in [0.3, 0.4) is 0 Å². The molecule has 1 aromatic heterocycles. The number of methoxy groups -OCH3 is 1. The van der Waals surface area contributed by atoms with Crippen LogP contribution in [-0.2, 0) is 0 Å². The first kappa shape index (κ1) is 12.0. The molecule has 92 valence electrons. The lowest BCUT2D eigenvalue weighted by atomic mass is 10.2. The second kappa shape index (κ2) is 5.27. The number of nitrogens with one attached hydrogen (secondary N) is 1. The fourth-order valence-corrected chi connectivity index (χ4v) is 1.44. The summed E-state index contributed by atoms with van der Waals surface area (Å²) in [7, 11) is 1.44. The summed E-state index contributed by atoms with van der Waals surface area (Å²) in [6, 6.07) is 7.33. The third-order valence-electron chi connectivity index (χ3n) is 2.36. The maximum atomic E-state index is 13.6. The third-order valence-corrected chi connectivity index (χ3v) is 2.36. The number of rotatable bonds is 3. The normalized spacial score (nSPS) is 9.89. The second-order valence-electron chi connectivity index (χ2n) is 3.54. The zero-order chi connectivity index (χ0) is 13.0. The fourth-order valence-electron chi connectivity index (χ4n) is 1.44. The Kier molecular flexibility index (Phi) is 3.52. The predicted octanol–water partition coefficient (Wildman–Crippen LogP) is 2.48. The molecule has 0 spiro atoms. The Balaban J connectivity index is 2.19. The zero-order valence-electron chi connectivity index (χ0n) is 9.68. The number of carbonyl (C=O) groups excluding carboxylic acids is 1. The first-order valence-electron chi connectivity index (χ1n) is 5.25. The van der Waals surface area contributed by atoms with Crippen LogP contribution in [0, 0.1) is 5.82 Å². The summed E-state index contributed by atoms with van der Waals surface area (Å²) in [5.41, 5.74) is 0.526. The van der Waals surface area contributed by atoms with Gasteiger partial charge in [0.2, 0.25) is 0 Å². The monoisotopic (exact) mass is 246 g/mol. The minimum atomic E-state index is -0.624. The van der Waals surface area contributed by atoms with Crippen molar-refractivity contribution in [2.45, 2.75) is 0 Å². The summed E-state index contributed by atoms with van der Waals surface area (Å²) < 4.78 is 18.5. The maximum absolute atomic E-state index is 13.6. The van der Waals surface area contributed by atoms with Crippen molar-refractivity contribution in [2.75, 3.05) is 12.4 Å². The largest absolute Gasteiger partial charge is 0.497 e. The highest BCUT2D eigenvalue weighted by molar-refractivity contribution is 6.04. The van der Waals surface area contributed by atoms with Gasteiger partial charge in [-0.05, 0) is 24.3 Å². The van der Waals surface area contributed by atoms with E-state index in [0.29, 0.717) is 11.4 Å². The van der Waals surface area contributed by atoms with Gasteiger partial charge < -0.3 is 10.1 Å². The molecule has 1 N–H and O–H groups in total. The molecule has 2 rings (SSSR count). The number of hydrogen-bond donors (Lipinski definition) is 1. The maximum Gasteiger partial charge on any atom is 0.258 e. The van der Waals surface area contributed by atoms with Crippen molar-refractivity contribution in [3.05, 3.63) is 54.1 Å². The van der Waals surface area contributed by atoms with Crippen LogP contribution in [0.4, 0.5) is 10.1 Å². The van der Waals surface area contributed by atoms with Crippen LogP contribution in [0.25, 0.3) is 0 Å². The van der Waals surface area contributed by atoms with E-state index in [-0.39, 0.29) is 5.56 Å². The van der Waals surface area contributed by atoms with Crippen molar-refractivity contribution >= 4 is 11.6 Å². The van der Waals surface area contributed by atoms with E-state index in [1.165, 1.54) is 25.3 Å². The minimum absolute atomic E-state index is 0.0346. The first-order valence-corrected chi connectivity index (χ1v) is 5.25. The van der Waals surface area contributed by atoms with Gasteiger partial charge in [0.05, 0.1) is 12.7 Å². The van der Waals surface area contributed by atoms with E-state index in [4.69, 9.17) is 4.74 Å². The van der Waals surface area contributed by atoms with Gasteiger partial charge in [-0.25, -0.2) is 4.39 Å². The molecule has 0 saturated heterocycles. The van der Waals surface area contributed by atoms with Crippen LogP contribution < -0.4 is 10.1 Å². The molecule has 4 nitrogen and oxygen atoms in total. The van der Waals surface area contributed by atoms with Gasteiger partial charge >= 0.3 is 0 Å². The van der Waals surface area contributed by atoms with Gasteiger partial charge in [0, 0.05) is 24.1 Å². The number of carbonyl (C=O) groups is 1. The first-order chi connectivity index (χ1) is 8.70. The van der Waals surface area contributed by atoms with Crippen molar-refractivity contribution in [3.63, 3.8) is 0 Å². The summed E-state index contributed by atoms with van der Waals surface area (Å²) in [6.07, 6.45) is 3.08. The van der Waals surface area contributed by atoms with E-state index < -0.39 is 11.7 Å². The minimum Gasteiger partial charge on any atom is -0.497 e. The average molecular weight is 246 g/mol. The van der Waals surface area contributed by atoms with Crippen LogP contribution >= 0.6 is 0 Å². The number of pyridine rings is 1. The Hall–Kier alpha value is -2.43.